The Morgan fingerprint density at radius 1 is 1.16 bits per heavy atom. The molecule has 7 heteroatoms. The molecular formula is C24H26FN3O3. The van der Waals surface area contributed by atoms with Gasteiger partial charge in [-0.25, -0.2) is 9.37 Å². The van der Waals surface area contributed by atoms with E-state index in [1.165, 1.54) is 11.6 Å². The Morgan fingerprint density at radius 3 is 2.55 bits per heavy atom. The largest absolute Gasteiger partial charge is 0.481 e. The van der Waals surface area contributed by atoms with E-state index in [0.717, 1.165) is 31.2 Å². The summed E-state index contributed by atoms with van der Waals surface area (Å²) in [6.45, 7) is 0.148. The molecule has 1 saturated carbocycles. The predicted octanol–water partition coefficient (Wildman–Crippen LogP) is 5.43. The van der Waals surface area contributed by atoms with E-state index < -0.39 is 5.97 Å². The predicted molar refractivity (Wildman–Crippen MR) is 116 cm³/mol. The molecule has 1 aliphatic carbocycles. The molecule has 0 saturated heterocycles. The van der Waals surface area contributed by atoms with Crippen LogP contribution in [0.2, 0.25) is 0 Å². The smallest absolute Gasteiger partial charge is 0.303 e. The van der Waals surface area contributed by atoms with Crippen molar-refractivity contribution >= 4 is 17.7 Å². The first-order valence-corrected chi connectivity index (χ1v) is 10.6. The minimum absolute atomic E-state index is 0.148. The highest BCUT2D eigenvalue weighted by molar-refractivity contribution is 5.67. The minimum Gasteiger partial charge on any atom is -0.481 e. The normalized spacial score (nSPS) is 18.6. The summed E-state index contributed by atoms with van der Waals surface area (Å²) in [6.07, 6.45) is 5.88. The number of carbonyl (C=O) groups is 1. The average Bonchev–Trinajstić information content (AvgIpc) is 3.23. The summed E-state index contributed by atoms with van der Waals surface area (Å²) in [4.78, 5) is 15.1. The molecule has 2 aromatic carbocycles. The highest BCUT2D eigenvalue weighted by Gasteiger charge is 2.24. The monoisotopic (exact) mass is 423 g/mol. The van der Waals surface area contributed by atoms with Crippen molar-refractivity contribution in [3.8, 4) is 11.3 Å². The number of nitrogens with zero attached hydrogens (tertiary/aromatic N) is 1. The summed E-state index contributed by atoms with van der Waals surface area (Å²) in [5.41, 5.74) is 8.66. The molecule has 3 aromatic rings. The first-order valence-electron chi connectivity index (χ1n) is 10.6. The minimum atomic E-state index is -0.702. The Labute approximate surface area is 180 Å². The number of hydrogen-bond donors (Lipinski definition) is 3. The summed E-state index contributed by atoms with van der Waals surface area (Å²) in [6, 6.07) is 13.3. The van der Waals surface area contributed by atoms with Gasteiger partial charge in [-0.05, 0) is 55.2 Å². The van der Waals surface area contributed by atoms with Gasteiger partial charge in [-0.15, -0.1) is 0 Å². The van der Waals surface area contributed by atoms with Crippen molar-refractivity contribution in [3.05, 3.63) is 65.6 Å². The van der Waals surface area contributed by atoms with Gasteiger partial charge in [0, 0.05) is 29.8 Å². The van der Waals surface area contributed by atoms with Crippen molar-refractivity contribution in [3.63, 3.8) is 0 Å². The van der Waals surface area contributed by atoms with Crippen LogP contribution >= 0.6 is 0 Å². The number of anilines is 2. The van der Waals surface area contributed by atoms with Gasteiger partial charge in [-0.3, -0.25) is 4.79 Å². The van der Waals surface area contributed by atoms with E-state index in [-0.39, 0.29) is 24.8 Å². The zero-order valence-electron chi connectivity index (χ0n) is 17.2. The number of carboxylic acids is 1. The fraction of sp³-hybridized carbons (Fsp3) is 0.333. The van der Waals surface area contributed by atoms with E-state index in [0.29, 0.717) is 28.8 Å². The molecule has 0 radical (unpaired) electrons. The number of nitrogens with one attached hydrogen (secondary N) is 1. The zero-order chi connectivity index (χ0) is 21.8. The lowest BCUT2D eigenvalue weighted by Gasteiger charge is -2.28. The Hall–Kier alpha value is -3.19. The lowest BCUT2D eigenvalue weighted by Crippen LogP contribution is -2.16. The molecule has 1 aliphatic rings. The van der Waals surface area contributed by atoms with Crippen LogP contribution in [0.25, 0.3) is 11.3 Å². The molecule has 162 valence electrons. The van der Waals surface area contributed by atoms with E-state index in [1.54, 1.807) is 18.3 Å². The number of nitrogens with two attached hydrogens (primary N) is 1. The van der Waals surface area contributed by atoms with Gasteiger partial charge in [0.25, 0.3) is 6.01 Å². The van der Waals surface area contributed by atoms with Crippen LogP contribution in [0.5, 0.6) is 0 Å². The fourth-order valence-electron chi connectivity index (χ4n) is 4.25. The Bertz CT molecular complexity index is 1040. The van der Waals surface area contributed by atoms with Gasteiger partial charge in [0.15, 0.2) is 5.76 Å². The van der Waals surface area contributed by atoms with Crippen molar-refractivity contribution in [2.75, 3.05) is 5.32 Å². The Morgan fingerprint density at radius 2 is 1.90 bits per heavy atom. The van der Waals surface area contributed by atoms with Crippen molar-refractivity contribution in [2.24, 2.45) is 11.7 Å². The lowest BCUT2D eigenvalue weighted by molar-refractivity contribution is -0.138. The number of carboxylic acid groups (broad SMARTS) is 1. The molecule has 1 heterocycles. The molecule has 0 amide bonds. The molecule has 0 spiro atoms. The van der Waals surface area contributed by atoms with Gasteiger partial charge in [0.05, 0.1) is 6.20 Å². The number of halogens is 1. The van der Waals surface area contributed by atoms with Crippen LogP contribution in [0.1, 0.15) is 49.1 Å². The first kappa shape index (κ1) is 21.1. The van der Waals surface area contributed by atoms with Gasteiger partial charge in [0.2, 0.25) is 0 Å². The third-order valence-electron chi connectivity index (χ3n) is 6.01. The molecule has 31 heavy (non-hydrogen) atoms. The van der Waals surface area contributed by atoms with Gasteiger partial charge in [-0.1, -0.05) is 30.3 Å². The highest BCUT2D eigenvalue weighted by atomic mass is 19.1. The van der Waals surface area contributed by atoms with E-state index in [4.69, 9.17) is 15.3 Å². The lowest BCUT2D eigenvalue weighted by atomic mass is 9.77. The van der Waals surface area contributed by atoms with Crippen molar-refractivity contribution in [1.82, 2.24) is 4.98 Å². The number of rotatable bonds is 7. The van der Waals surface area contributed by atoms with Crippen LogP contribution in [0.15, 0.2) is 53.1 Å². The van der Waals surface area contributed by atoms with Crippen LogP contribution in [0.4, 0.5) is 16.1 Å². The third-order valence-corrected chi connectivity index (χ3v) is 6.01. The molecule has 4 N–H and O–H groups in total. The standard InChI is InChI=1S/C24H26FN3O3/c25-21-12-20(10-9-19(21)13-26)28-24-27-14-22(31-24)18-7-5-17(6-8-18)16-3-1-15(2-4-16)11-23(29)30/h5-10,12,14-16H,1-4,11,13,26H2,(H,27,28)(H,29,30). The Balaban J connectivity index is 1.38. The molecule has 1 fully saturated rings. The van der Waals surface area contributed by atoms with Gasteiger partial charge >= 0.3 is 5.97 Å². The van der Waals surface area contributed by atoms with Crippen LogP contribution in [-0.2, 0) is 11.3 Å². The van der Waals surface area contributed by atoms with Gasteiger partial charge in [-0.2, -0.15) is 0 Å². The van der Waals surface area contributed by atoms with Crippen molar-refractivity contribution in [2.45, 2.75) is 44.6 Å². The van der Waals surface area contributed by atoms with Gasteiger partial charge < -0.3 is 20.6 Å². The molecule has 0 bridgehead atoms. The summed E-state index contributed by atoms with van der Waals surface area (Å²) < 4.78 is 19.7. The van der Waals surface area contributed by atoms with Crippen LogP contribution in [-0.4, -0.2) is 16.1 Å². The molecule has 1 aromatic heterocycles. The Kier molecular flexibility index (Phi) is 6.32. The van der Waals surface area contributed by atoms with Crippen LogP contribution in [0, 0.1) is 11.7 Å². The van der Waals surface area contributed by atoms with E-state index >= 15 is 0 Å². The summed E-state index contributed by atoms with van der Waals surface area (Å²) >= 11 is 0. The second-order valence-corrected chi connectivity index (χ2v) is 8.10. The van der Waals surface area contributed by atoms with Crippen molar-refractivity contribution < 1.29 is 18.7 Å². The van der Waals surface area contributed by atoms with E-state index in [9.17, 15) is 9.18 Å². The van der Waals surface area contributed by atoms with Gasteiger partial charge in [0.1, 0.15) is 5.82 Å². The molecule has 0 aliphatic heterocycles. The van der Waals surface area contributed by atoms with Crippen LogP contribution in [0.3, 0.4) is 0 Å². The number of benzene rings is 2. The molecule has 6 nitrogen and oxygen atoms in total. The summed E-state index contributed by atoms with van der Waals surface area (Å²) in [7, 11) is 0. The summed E-state index contributed by atoms with van der Waals surface area (Å²) in [5.74, 6) is 0.321. The van der Waals surface area contributed by atoms with E-state index in [2.05, 4.69) is 22.4 Å². The zero-order valence-corrected chi connectivity index (χ0v) is 17.2. The maximum absolute atomic E-state index is 13.9. The SMILES string of the molecule is NCc1ccc(Nc2ncc(-c3ccc(C4CCC(CC(=O)O)CC4)cc3)o2)cc1F. The molecule has 0 atom stereocenters. The maximum Gasteiger partial charge on any atom is 0.303 e. The quantitative estimate of drug-likeness (QED) is 0.468. The second kappa shape index (κ2) is 9.31. The first-order chi connectivity index (χ1) is 15.0. The number of hydrogen-bond acceptors (Lipinski definition) is 5. The van der Waals surface area contributed by atoms with E-state index in [1.807, 2.05) is 12.1 Å². The number of aliphatic carboxylic acids is 1. The topological polar surface area (TPSA) is 101 Å². The molecule has 0 unspecified atom stereocenters. The third kappa shape index (κ3) is 5.11. The highest BCUT2D eigenvalue weighted by Crippen LogP contribution is 2.37. The molecular weight excluding hydrogens is 397 g/mol. The maximum atomic E-state index is 13.9. The molecule has 4 rings (SSSR count). The van der Waals surface area contributed by atoms with Crippen LogP contribution < -0.4 is 11.1 Å². The number of oxazole rings is 1. The number of aromatic nitrogens is 1. The van der Waals surface area contributed by atoms with Crippen molar-refractivity contribution in [1.29, 1.82) is 0 Å². The average molecular weight is 423 g/mol. The second-order valence-electron chi connectivity index (χ2n) is 8.10. The summed E-state index contributed by atoms with van der Waals surface area (Å²) in [5, 5.41) is 11.9. The fourth-order valence-corrected chi connectivity index (χ4v) is 4.25.